The van der Waals surface area contributed by atoms with Crippen molar-refractivity contribution in [1.82, 2.24) is 5.43 Å². The number of hydrazone groups is 1. The van der Waals surface area contributed by atoms with E-state index in [1.54, 1.807) is 42.5 Å². The van der Waals surface area contributed by atoms with E-state index in [1.165, 1.54) is 25.5 Å². The predicted molar refractivity (Wildman–Crippen MR) is 138 cm³/mol. The highest BCUT2D eigenvalue weighted by Gasteiger charge is 2.27. The maximum Gasteiger partial charge on any atom is 0.264 e. The van der Waals surface area contributed by atoms with Crippen molar-refractivity contribution in [2.75, 3.05) is 29.5 Å². The molecule has 1 saturated heterocycles. The molecule has 4 rings (SSSR count). The van der Waals surface area contributed by atoms with Gasteiger partial charge >= 0.3 is 0 Å². The zero-order valence-corrected chi connectivity index (χ0v) is 20.7. The first-order valence-corrected chi connectivity index (χ1v) is 13.4. The number of anilines is 1. The second-order valence-corrected chi connectivity index (χ2v) is 10.6. The lowest BCUT2D eigenvalue weighted by Crippen LogP contribution is -2.39. The van der Waals surface area contributed by atoms with Crippen LogP contribution in [0.2, 0.25) is 0 Å². The highest BCUT2D eigenvalue weighted by atomic mass is 32.2. The van der Waals surface area contributed by atoms with Gasteiger partial charge in [0.25, 0.3) is 15.9 Å². The number of rotatable bonds is 10. The van der Waals surface area contributed by atoms with Crippen LogP contribution in [0.4, 0.5) is 5.69 Å². The normalized spacial score (nSPS) is 13.7. The zero-order valence-electron chi connectivity index (χ0n) is 19.0. The van der Waals surface area contributed by atoms with Crippen molar-refractivity contribution in [2.24, 2.45) is 5.10 Å². The van der Waals surface area contributed by atoms with E-state index in [2.05, 4.69) is 10.5 Å². The van der Waals surface area contributed by atoms with Crippen molar-refractivity contribution in [1.29, 1.82) is 0 Å². The van der Waals surface area contributed by atoms with E-state index in [1.807, 2.05) is 36.0 Å². The molecule has 0 aliphatic carbocycles. The Bertz CT molecular complexity index is 1280. The lowest BCUT2D eigenvalue weighted by molar-refractivity contribution is -0.119. The first kappa shape index (κ1) is 24.6. The van der Waals surface area contributed by atoms with Crippen molar-refractivity contribution < 1.29 is 22.7 Å². The molecule has 0 radical (unpaired) electrons. The summed E-state index contributed by atoms with van der Waals surface area (Å²) in [5.74, 6) is 2.67. The SMILES string of the molecule is COc1cccc(N(CC(=O)N/N=C\c2ccc(OC3CSC3)cc2)S(=O)(=O)c2ccccc2)c1. The number of sulfonamides is 1. The lowest BCUT2D eigenvalue weighted by atomic mass is 10.2. The van der Waals surface area contributed by atoms with Gasteiger partial charge in [-0.15, -0.1) is 0 Å². The van der Waals surface area contributed by atoms with E-state index in [-0.39, 0.29) is 11.0 Å². The van der Waals surface area contributed by atoms with Crippen LogP contribution in [0.5, 0.6) is 11.5 Å². The van der Waals surface area contributed by atoms with Crippen LogP contribution < -0.4 is 19.2 Å². The van der Waals surface area contributed by atoms with Crippen molar-refractivity contribution in [3.05, 3.63) is 84.4 Å². The van der Waals surface area contributed by atoms with E-state index >= 15 is 0 Å². The van der Waals surface area contributed by atoms with Gasteiger partial charge in [-0.3, -0.25) is 9.10 Å². The number of thioether (sulfide) groups is 1. The molecule has 0 atom stereocenters. The number of carbonyl (C=O) groups is 1. The summed E-state index contributed by atoms with van der Waals surface area (Å²) in [6.45, 7) is -0.464. The Balaban J connectivity index is 1.46. The van der Waals surface area contributed by atoms with Crippen molar-refractivity contribution in [3.63, 3.8) is 0 Å². The fourth-order valence-corrected chi connectivity index (χ4v) is 5.25. The van der Waals surface area contributed by atoms with Gasteiger partial charge in [-0.05, 0) is 54.1 Å². The van der Waals surface area contributed by atoms with Gasteiger partial charge in [0.05, 0.1) is 23.9 Å². The first-order chi connectivity index (χ1) is 17.0. The standard InChI is InChI=1S/C25H25N3O5S2/c1-32-22-7-5-6-20(14-22)28(35(30,31)24-8-3-2-4-9-24)16-25(29)27-26-15-19-10-12-21(13-11-19)33-23-17-34-18-23/h2-15,23H,16-18H2,1H3,(H,27,29)/b26-15-. The first-order valence-electron chi connectivity index (χ1n) is 10.8. The van der Waals surface area contributed by atoms with E-state index in [0.29, 0.717) is 11.4 Å². The molecule has 35 heavy (non-hydrogen) atoms. The van der Waals surface area contributed by atoms with Gasteiger partial charge in [-0.25, -0.2) is 13.8 Å². The molecule has 1 amide bonds. The van der Waals surface area contributed by atoms with Gasteiger partial charge in [0, 0.05) is 17.6 Å². The highest BCUT2D eigenvalue weighted by molar-refractivity contribution is 8.00. The zero-order chi connectivity index (χ0) is 24.7. The molecule has 1 N–H and O–H groups in total. The van der Waals surface area contributed by atoms with Crippen molar-refractivity contribution in [2.45, 2.75) is 11.0 Å². The Kier molecular flexibility index (Phi) is 7.94. The summed E-state index contributed by atoms with van der Waals surface area (Å²) < 4.78 is 38.8. The summed E-state index contributed by atoms with van der Waals surface area (Å²) in [5, 5.41) is 3.98. The molecule has 0 bridgehead atoms. The maximum atomic E-state index is 13.4. The Morgan fingerprint density at radius 2 is 1.80 bits per heavy atom. The number of amides is 1. The van der Waals surface area contributed by atoms with Gasteiger partial charge in [0.15, 0.2) is 0 Å². The molecule has 3 aromatic rings. The Hall–Kier alpha value is -3.50. The summed E-state index contributed by atoms with van der Waals surface area (Å²) in [7, 11) is -2.53. The third-order valence-corrected chi connectivity index (χ3v) is 8.16. The summed E-state index contributed by atoms with van der Waals surface area (Å²) in [5.41, 5.74) is 3.47. The van der Waals surface area contributed by atoms with Gasteiger partial charge in [0.2, 0.25) is 0 Å². The van der Waals surface area contributed by atoms with Gasteiger partial charge in [-0.1, -0.05) is 24.3 Å². The fraction of sp³-hybridized carbons (Fsp3) is 0.200. The summed E-state index contributed by atoms with van der Waals surface area (Å²) in [4.78, 5) is 12.8. The molecule has 1 fully saturated rings. The van der Waals surface area contributed by atoms with Gasteiger partial charge < -0.3 is 9.47 Å². The Morgan fingerprint density at radius 1 is 1.06 bits per heavy atom. The average Bonchev–Trinajstić information content (AvgIpc) is 2.86. The second kappa shape index (κ2) is 11.3. The number of ether oxygens (including phenoxy) is 2. The smallest absolute Gasteiger partial charge is 0.264 e. The molecule has 0 aromatic heterocycles. The lowest BCUT2D eigenvalue weighted by Gasteiger charge is -2.25. The fourth-order valence-electron chi connectivity index (χ4n) is 3.25. The third kappa shape index (κ3) is 6.34. The number of hydrogen-bond donors (Lipinski definition) is 1. The number of carbonyl (C=O) groups excluding carboxylic acids is 1. The molecule has 0 spiro atoms. The molecule has 0 saturated carbocycles. The van der Waals surface area contributed by atoms with Gasteiger partial charge in [-0.2, -0.15) is 16.9 Å². The monoisotopic (exact) mass is 511 g/mol. The Labute approximate surface area is 209 Å². The van der Waals surface area contributed by atoms with E-state index in [4.69, 9.17) is 9.47 Å². The van der Waals surface area contributed by atoms with Crippen LogP contribution in [0.3, 0.4) is 0 Å². The predicted octanol–water partition coefficient (Wildman–Crippen LogP) is 3.54. The number of benzene rings is 3. The molecular weight excluding hydrogens is 486 g/mol. The minimum atomic E-state index is -4.01. The maximum absolute atomic E-state index is 13.4. The average molecular weight is 512 g/mol. The third-order valence-electron chi connectivity index (χ3n) is 5.15. The molecule has 10 heteroatoms. The molecule has 182 valence electrons. The molecule has 1 aliphatic rings. The van der Waals surface area contributed by atoms with Crippen LogP contribution >= 0.6 is 11.8 Å². The van der Waals surface area contributed by atoms with Crippen LogP contribution in [0.1, 0.15) is 5.56 Å². The largest absolute Gasteiger partial charge is 0.497 e. The number of hydrogen-bond acceptors (Lipinski definition) is 7. The van der Waals surface area contributed by atoms with Crippen molar-refractivity contribution in [3.8, 4) is 11.5 Å². The highest BCUT2D eigenvalue weighted by Crippen LogP contribution is 2.27. The topological polar surface area (TPSA) is 97.3 Å². The van der Waals surface area contributed by atoms with Crippen LogP contribution in [0, 0.1) is 0 Å². The quantitative estimate of drug-likeness (QED) is 0.330. The van der Waals surface area contributed by atoms with Gasteiger partial charge in [0.1, 0.15) is 24.1 Å². The molecule has 0 unspecified atom stereocenters. The van der Waals surface area contributed by atoms with Crippen LogP contribution in [0.25, 0.3) is 0 Å². The summed E-state index contributed by atoms with van der Waals surface area (Å²) >= 11 is 1.85. The molecule has 1 aliphatic heterocycles. The van der Waals surface area contributed by atoms with E-state index in [0.717, 1.165) is 27.1 Å². The minimum absolute atomic E-state index is 0.0712. The minimum Gasteiger partial charge on any atom is -0.497 e. The Morgan fingerprint density at radius 3 is 2.46 bits per heavy atom. The van der Waals surface area contributed by atoms with E-state index < -0.39 is 22.5 Å². The van der Waals surface area contributed by atoms with Crippen LogP contribution in [-0.2, 0) is 14.8 Å². The van der Waals surface area contributed by atoms with Crippen LogP contribution in [0.15, 0.2) is 88.9 Å². The van der Waals surface area contributed by atoms with E-state index in [9.17, 15) is 13.2 Å². The van der Waals surface area contributed by atoms with Crippen LogP contribution in [-0.4, -0.2) is 51.8 Å². The second-order valence-electron chi connectivity index (χ2n) is 7.67. The summed E-state index contributed by atoms with van der Waals surface area (Å²) in [6, 6.07) is 21.8. The summed E-state index contributed by atoms with van der Waals surface area (Å²) in [6.07, 6.45) is 1.75. The molecule has 1 heterocycles. The number of methoxy groups -OCH3 is 1. The molecule has 3 aromatic carbocycles. The van der Waals surface area contributed by atoms with Crippen molar-refractivity contribution >= 4 is 39.6 Å². The molecule has 8 nitrogen and oxygen atoms in total. The molecular formula is C25H25N3O5S2. The number of nitrogens with zero attached hydrogens (tertiary/aromatic N) is 2. The number of nitrogens with one attached hydrogen (secondary N) is 1.